The van der Waals surface area contributed by atoms with Crippen LogP contribution in [0.1, 0.15) is 19.3 Å². The number of rotatable bonds is 0. The third-order valence-corrected chi connectivity index (χ3v) is 4.87. The summed E-state index contributed by atoms with van der Waals surface area (Å²) in [6.07, 6.45) is 4.48. The van der Waals surface area contributed by atoms with Crippen LogP contribution in [0.5, 0.6) is 0 Å². The number of thioether (sulfide) groups is 1. The van der Waals surface area contributed by atoms with Crippen molar-refractivity contribution >= 4 is 11.8 Å². The summed E-state index contributed by atoms with van der Waals surface area (Å²) in [5.74, 6) is 3.54. The second-order valence-corrected chi connectivity index (χ2v) is 5.23. The average molecular weight is 155 g/mol. The Morgan fingerprint density at radius 1 is 1.50 bits per heavy atom. The Bertz CT molecular complexity index is 157. The first-order valence-electron chi connectivity index (χ1n) is 4.30. The molecule has 0 radical (unpaired) electrons. The molecule has 2 saturated carbocycles. The maximum atomic E-state index is 3.69. The minimum atomic E-state index is 0.588. The van der Waals surface area contributed by atoms with Crippen molar-refractivity contribution in [3.63, 3.8) is 0 Å². The molecule has 10 heavy (non-hydrogen) atoms. The van der Waals surface area contributed by atoms with E-state index < -0.39 is 0 Å². The summed E-state index contributed by atoms with van der Waals surface area (Å²) in [6.45, 7) is 1.26. The van der Waals surface area contributed by atoms with E-state index in [1.54, 1.807) is 0 Å². The molecular formula is C8H13NS. The third kappa shape index (κ3) is 0.595. The molecule has 56 valence electrons. The van der Waals surface area contributed by atoms with Gasteiger partial charge in [0.2, 0.25) is 0 Å². The molecule has 1 saturated heterocycles. The molecule has 3 fully saturated rings. The number of fused-ring (bicyclic) bond motifs is 2. The topological polar surface area (TPSA) is 12.0 Å². The van der Waals surface area contributed by atoms with E-state index in [2.05, 4.69) is 17.1 Å². The molecule has 1 nitrogen and oxygen atoms in total. The summed E-state index contributed by atoms with van der Waals surface area (Å²) < 4.78 is 0. The van der Waals surface area contributed by atoms with Crippen molar-refractivity contribution < 1.29 is 0 Å². The Morgan fingerprint density at radius 3 is 3.00 bits per heavy atom. The van der Waals surface area contributed by atoms with Crippen molar-refractivity contribution in [3.8, 4) is 0 Å². The van der Waals surface area contributed by atoms with Crippen molar-refractivity contribution in [2.75, 3.05) is 12.3 Å². The van der Waals surface area contributed by atoms with Crippen LogP contribution in [-0.4, -0.2) is 17.2 Å². The molecule has 3 atom stereocenters. The third-order valence-electron chi connectivity index (χ3n) is 3.29. The SMILES string of the molecule is C1CSC2(CCC3CC32)N1. The summed E-state index contributed by atoms with van der Waals surface area (Å²) in [4.78, 5) is 0.588. The smallest absolute Gasteiger partial charge is 0.0677 e. The number of hydrogen-bond acceptors (Lipinski definition) is 2. The average Bonchev–Trinajstić information content (AvgIpc) is 2.49. The van der Waals surface area contributed by atoms with Gasteiger partial charge in [-0.25, -0.2) is 0 Å². The Labute approximate surface area is 65.9 Å². The highest BCUT2D eigenvalue weighted by molar-refractivity contribution is 8.00. The zero-order valence-corrected chi connectivity index (χ0v) is 6.91. The van der Waals surface area contributed by atoms with Gasteiger partial charge in [-0.2, -0.15) is 0 Å². The van der Waals surface area contributed by atoms with Gasteiger partial charge in [-0.1, -0.05) is 0 Å². The molecule has 1 aliphatic heterocycles. The van der Waals surface area contributed by atoms with Gasteiger partial charge in [-0.15, -0.1) is 11.8 Å². The van der Waals surface area contributed by atoms with Crippen LogP contribution < -0.4 is 5.32 Å². The minimum absolute atomic E-state index is 0.588. The molecule has 1 spiro atoms. The summed E-state index contributed by atoms with van der Waals surface area (Å²) in [5.41, 5.74) is 0. The molecule has 0 aromatic rings. The van der Waals surface area contributed by atoms with Crippen molar-refractivity contribution in [2.45, 2.75) is 24.1 Å². The van der Waals surface area contributed by atoms with Gasteiger partial charge in [0.25, 0.3) is 0 Å². The van der Waals surface area contributed by atoms with Crippen LogP contribution in [0.3, 0.4) is 0 Å². The molecule has 0 bridgehead atoms. The van der Waals surface area contributed by atoms with E-state index in [0.717, 1.165) is 11.8 Å². The maximum absolute atomic E-state index is 3.69. The van der Waals surface area contributed by atoms with Crippen molar-refractivity contribution in [1.29, 1.82) is 0 Å². The maximum Gasteiger partial charge on any atom is 0.0677 e. The van der Waals surface area contributed by atoms with Gasteiger partial charge < -0.3 is 5.32 Å². The van der Waals surface area contributed by atoms with Gasteiger partial charge in [-0.3, -0.25) is 0 Å². The monoisotopic (exact) mass is 155 g/mol. The molecule has 0 aromatic heterocycles. The fourth-order valence-corrected chi connectivity index (χ4v) is 4.21. The van der Waals surface area contributed by atoms with Crippen LogP contribution in [0.25, 0.3) is 0 Å². The predicted octanol–water partition coefficient (Wildman–Crippen LogP) is 1.45. The second kappa shape index (κ2) is 1.72. The summed E-state index contributed by atoms with van der Waals surface area (Å²) in [5, 5.41) is 3.69. The standard InChI is InChI=1S/C8H13NS/c1-2-8(7-5-6(1)7)9-3-4-10-8/h6-7,9H,1-5H2. The predicted molar refractivity (Wildman–Crippen MR) is 44.0 cm³/mol. The molecule has 3 aliphatic rings. The highest BCUT2D eigenvalue weighted by Crippen LogP contribution is 2.62. The molecule has 3 rings (SSSR count). The lowest BCUT2D eigenvalue weighted by Gasteiger charge is -2.24. The molecule has 2 aliphatic carbocycles. The first kappa shape index (κ1) is 5.90. The fourth-order valence-electron chi connectivity index (χ4n) is 2.67. The normalized spacial score (nSPS) is 57.6. The lowest BCUT2D eigenvalue weighted by Crippen LogP contribution is -2.37. The molecule has 0 aromatic carbocycles. The summed E-state index contributed by atoms with van der Waals surface area (Å²) in [7, 11) is 0. The van der Waals surface area contributed by atoms with Crippen LogP contribution in [0.2, 0.25) is 0 Å². The lowest BCUT2D eigenvalue weighted by atomic mass is 10.1. The zero-order chi connectivity index (χ0) is 6.60. The van der Waals surface area contributed by atoms with Crippen molar-refractivity contribution in [1.82, 2.24) is 5.32 Å². The van der Waals surface area contributed by atoms with Gasteiger partial charge in [0.05, 0.1) is 4.87 Å². The first-order valence-corrected chi connectivity index (χ1v) is 5.28. The van der Waals surface area contributed by atoms with E-state index in [4.69, 9.17) is 0 Å². The summed E-state index contributed by atoms with van der Waals surface area (Å²) in [6, 6.07) is 0. The molecule has 2 heteroatoms. The van der Waals surface area contributed by atoms with Crippen LogP contribution >= 0.6 is 11.8 Å². The first-order chi connectivity index (χ1) is 4.91. The molecule has 1 heterocycles. The van der Waals surface area contributed by atoms with E-state index in [9.17, 15) is 0 Å². The van der Waals surface area contributed by atoms with Gasteiger partial charge in [-0.05, 0) is 31.1 Å². The van der Waals surface area contributed by atoms with Crippen molar-refractivity contribution in [2.24, 2.45) is 11.8 Å². The minimum Gasteiger partial charge on any atom is -0.302 e. The van der Waals surface area contributed by atoms with E-state index in [-0.39, 0.29) is 0 Å². The Kier molecular flexibility index (Phi) is 1.02. The van der Waals surface area contributed by atoms with Crippen LogP contribution in [-0.2, 0) is 0 Å². The summed E-state index contributed by atoms with van der Waals surface area (Å²) >= 11 is 2.19. The fraction of sp³-hybridized carbons (Fsp3) is 1.00. The second-order valence-electron chi connectivity index (χ2n) is 3.81. The molecule has 3 unspecified atom stereocenters. The lowest BCUT2D eigenvalue weighted by molar-refractivity contribution is 0.462. The Hall–Kier alpha value is 0.310. The van der Waals surface area contributed by atoms with Gasteiger partial charge >= 0.3 is 0 Å². The zero-order valence-electron chi connectivity index (χ0n) is 6.10. The largest absolute Gasteiger partial charge is 0.302 e. The molecular weight excluding hydrogens is 142 g/mol. The van der Waals surface area contributed by atoms with Crippen LogP contribution in [0.15, 0.2) is 0 Å². The highest BCUT2D eigenvalue weighted by Gasteiger charge is 2.59. The van der Waals surface area contributed by atoms with Crippen LogP contribution in [0, 0.1) is 11.8 Å². The van der Waals surface area contributed by atoms with Gasteiger partial charge in [0, 0.05) is 12.3 Å². The number of nitrogens with one attached hydrogen (secondary N) is 1. The Balaban J connectivity index is 1.89. The molecule has 0 amide bonds. The van der Waals surface area contributed by atoms with Gasteiger partial charge in [0.15, 0.2) is 0 Å². The van der Waals surface area contributed by atoms with E-state index in [0.29, 0.717) is 4.87 Å². The molecule has 1 N–H and O–H groups in total. The highest BCUT2D eigenvalue weighted by atomic mass is 32.2. The van der Waals surface area contributed by atoms with E-state index >= 15 is 0 Å². The quantitative estimate of drug-likeness (QED) is 0.568. The number of hydrogen-bond donors (Lipinski definition) is 1. The van der Waals surface area contributed by atoms with E-state index in [1.165, 1.54) is 31.6 Å². The van der Waals surface area contributed by atoms with Gasteiger partial charge in [0.1, 0.15) is 0 Å². The Morgan fingerprint density at radius 2 is 2.50 bits per heavy atom. The van der Waals surface area contributed by atoms with E-state index in [1.807, 2.05) is 0 Å². The van der Waals surface area contributed by atoms with Crippen molar-refractivity contribution in [3.05, 3.63) is 0 Å². The van der Waals surface area contributed by atoms with Crippen LogP contribution in [0.4, 0.5) is 0 Å².